The van der Waals surface area contributed by atoms with E-state index < -0.39 is 54.6 Å². The quantitative estimate of drug-likeness (QED) is 0.171. The number of hydrogen-bond acceptors (Lipinski definition) is 12. The number of phosphoric ester groups is 1. The molecule has 202 valence electrons. The van der Waals surface area contributed by atoms with Gasteiger partial charge < -0.3 is 44.8 Å². The molecule has 1 aliphatic rings. The molecule has 0 saturated carbocycles. The van der Waals surface area contributed by atoms with Gasteiger partial charge in [-0.15, -0.1) is 0 Å². The zero-order valence-corrected chi connectivity index (χ0v) is 21.0. The van der Waals surface area contributed by atoms with Crippen LogP contribution in [0.3, 0.4) is 0 Å². The number of phosphoric acid groups is 3. The Balaban J connectivity index is 1.56. The number of anilines is 1. The van der Waals surface area contributed by atoms with Gasteiger partial charge in [0, 0.05) is 11.8 Å². The highest BCUT2D eigenvalue weighted by molar-refractivity contribution is 7.66. The second-order valence-corrected chi connectivity index (χ2v) is 12.1. The maximum Gasteiger partial charge on any atom is 0.490 e. The number of ether oxygens (including phenoxy) is 1. The number of aliphatic hydroxyl groups excluding tert-OH is 2. The van der Waals surface area contributed by atoms with Crippen molar-refractivity contribution in [1.82, 2.24) is 14.5 Å². The van der Waals surface area contributed by atoms with Crippen molar-refractivity contribution in [3.8, 4) is 11.1 Å². The molecule has 1 aromatic carbocycles. The highest BCUT2D eigenvalue weighted by atomic mass is 31.3. The van der Waals surface area contributed by atoms with Gasteiger partial charge in [0.1, 0.15) is 36.1 Å². The van der Waals surface area contributed by atoms with Crippen molar-refractivity contribution in [2.75, 3.05) is 12.3 Å². The molecule has 2 unspecified atom stereocenters. The number of nitrogen functional groups attached to an aromatic ring is 1. The molecule has 20 heteroatoms. The molecule has 0 amide bonds. The summed E-state index contributed by atoms with van der Waals surface area (Å²) < 4.78 is 53.0. The molecule has 37 heavy (non-hydrogen) atoms. The minimum absolute atomic E-state index is 0.139. The summed E-state index contributed by atoms with van der Waals surface area (Å²) in [6, 6.07) is 9.00. The fraction of sp³-hybridized carbons (Fsp3) is 0.294. The van der Waals surface area contributed by atoms with Crippen LogP contribution in [-0.4, -0.2) is 69.2 Å². The Bertz CT molecular complexity index is 1430. The van der Waals surface area contributed by atoms with E-state index >= 15 is 0 Å². The first-order chi connectivity index (χ1) is 17.2. The van der Waals surface area contributed by atoms with Gasteiger partial charge in [-0.3, -0.25) is 4.52 Å². The average Bonchev–Trinajstić information content (AvgIpc) is 3.29. The first-order valence-corrected chi connectivity index (χ1v) is 14.7. The average molecular weight is 582 g/mol. The van der Waals surface area contributed by atoms with Gasteiger partial charge in [-0.1, -0.05) is 30.3 Å². The van der Waals surface area contributed by atoms with Gasteiger partial charge in [0.05, 0.1) is 12.0 Å². The molecule has 3 aromatic rings. The van der Waals surface area contributed by atoms with Crippen LogP contribution in [0.25, 0.3) is 22.2 Å². The topological polar surface area (TPSA) is 266 Å². The first-order valence-electron chi connectivity index (χ1n) is 10.1. The number of aromatic nitrogens is 3. The zero-order chi connectivity index (χ0) is 27.2. The van der Waals surface area contributed by atoms with E-state index in [1.165, 1.54) is 10.9 Å². The summed E-state index contributed by atoms with van der Waals surface area (Å²) in [7, 11) is -16.8. The molecule has 1 aliphatic heterocycles. The molecular weight excluding hydrogens is 561 g/mol. The summed E-state index contributed by atoms with van der Waals surface area (Å²) in [4.78, 5) is 44.3. The van der Waals surface area contributed by atoms with Crippen LogP contribution in [0.4, 0.5) is 5.82 Å². The van der Waals surface area contributed by atoms with E-state index in [2.05, 4.69) is 23.1 Å². The lowest BCUT2D eigenvalue weighted by atomic mass is 10.1. The van der Waals surface area contributed by atoms with Crippen molar-refractivity contribution in [3.63, 3.8) is 0 Å². The fourth-order valence-corrected chi connectivity index (χ4v) is 6.74. The van der Waals surface area contributed by atoms with E-state index in [1.54, 1.807) is 30.5 Å². The molecule has 0 radical (unpaired) electrons. The van der Waals surface area contributed by atoms with Gasteiger partial charge in [-0.2, -0.15) is 8.62 Å². The molecule has 4 rings (SSSR count). The lowest BCUT2D eigenvalue weighted by molar-refractivity contribution is -0.0500. The molecule has 0 bridgehead atoms. The third kappa shape index (κ3) is 6.33. The van der Waals surface area contributed by atoms with Crippen molar-refractivity contribution in [3.05, 3.63) is 42.9 Å². The van der Waals surface area contributed by atoms with Gasteiger partial charge in [0.2, 0.25) is 0 Å². The Morgan fingerprint density at radius 2 is 1.65 bits per heavy atom. The second kappa shape index (κ2) is 10.2. The molecule has 6 atom stereocenters. The molecule has 3 heterocycles. The van der Waals surface area contributed by atoms with Crippen LogP contribution in [0.15, 0.2) is 42.9 Å². The smallest absolute Gasteiger partial charge is 0.387 e. The third-order valence-electron chi connectivity index (χ3n) is 5.15. The number of aliphatic hydroxyl groups is 2. The molecule has 17 nitrogen and oxygen atoms in total. The summed E-state index contributed by atoms with van der Waals surface area (Å²) in [5.74, 6) is 0.139. The lowest BCUT2D eigenvalue weighted by Gasteiger charge is -2.19. The van der Waals surface area contributed by atoms with Gasteiger partial charge in [0.15, 0.2) is 6.23 Å². The molecule has 1 fully saturated rings. The minimum Gasteiger partial charge on any atom is -0.387 e. The standard InChI is InChI=1S/C17H21N4O13P3/c18-15-12-10(9-4-2-1-3-5-9)6-21(16(12)20-8-19-15)17-14(23)13(22)11(32-17)7-31-36(27,28)34-37(29,30)33-35(24,25)26/h1-6,8,11,13-14,17,22-23H,7H2,(H,27,28)(H,29,30)(H2,18,19,20)(H2,24,25,26)/t11-,13-,14-,17-/m1/s1. The largest absolute Gasteiger partial charge is 0.490 e. The molecule has 8 N–H and O–H groups in total. The van der Waals surface area contributed by atoms with E-state index in [-0.39, 0.29) is 11.5 Å². The van der Waals surface area contributed by atoms with Crippen molar-refractivity contribution >= 4 is 40.3 Å². The number of rotatable bonds is 9. The van der Waals surface area contributed by atoms with Gasteiger partial charge in [-0.05, 0) is 5.56 Å². The maximum absolute atomic E-state index is 12.0. The molecular formula is C17H21N4O13P3. The summed E-state index contributed by atoms with van der Waals surface area (Å²) in [5, 5.41) is 21.5. The van der Waals surface area contributed by atoms with E-state index in [4.69, 9.17) is 20.3 Å². The Kier molecular flexibility index (Phi) is 7.74. The Labute approximate surface area is 207 Å². The van der Waals surface area contributed by atoms with Gasteiger partial charge >= 0.3 is 23.5 Å². The van der Waals surface area contributed by atoms with Crippen molar-refractivity contribution < 1.29 is 61.4 Å². The van der Waals surface area contributed by atoms with Crippen LogP contribution in [0.5, 0.6) is 0 Å². The van der Waals surface area contributed by atoms with E-state index in [9.17, 15) is 33.7 Å². The summed E-state index contributed by atoms with van der Waals surface area (Å²) in [6.45, 7) is -0.958. The van der Waals surface area contributed by atoms with Crippen molar-refractivity contribution in [1.29, 1.82) is 0 Å². The highest BCUT2D eigenvalue weighted by Gasteiger charge is 2.47. The van der Waals surface area contributed by atoms with Crippen molar-refractivity contribution in [2.24, 2.45) is 0 Å². The van der Waals surface area contributed by atoms with E-state index in [0.29, 0.717) is 10.9 Å². The Hall–Kier alpha value is -2.07. The Morgan fingerprint density at radius 1 is 0.973 bits per heavy atom. The fourth-order valence-electron chi connectivity index (χ4n) is 3.71. The highest BCUT2D eigenvalue weighted by Crippen LogP contribution is 2.66. The Morgan fingerprint density at radius 3 is 2.30 bits per heavy atom. The minimum atomic E-state index is -5.73. The van der Waals surface area contributed by atoms with Crippen LogP contribution in [0, 0.1) is 0 Å². The molecule has 2 aromatic heterocycles. The number of benzene rings is 1. The van der Waals surface area contributed by atoms with Crippen molar-refractivity contribution in [2.45, 2.75) is 24.5 Å². The molecule has 1 saturated heterocycles. The molecule has 0 spiro atoms. The second-order valence-electron chi connectivity index (χ2n) is 7.71. The number of hydrogen-bond donors (Lipinski definition) is 7. The monoisotopic (exact) mass is 582 g/mol. The predicted octanol–water partition coefficient (Wildman–Crippen LogP) is 0.643. The SMILES string of the molecule is Nc1ncnc2c1c(-c1ccccc1)cn2[C@@H]1O[C@H](COP(=O)(O)OP(=O)(O)OP(=O)(O)O)[C@@H](O)[C@H]1O. The molecule has 0 aliphatic carbocycles. The normalized spacial score (nSPS) is 25.7. The third-order valence-corrected chi connectivity index (χ3v) is 8.96. The maximum atomic E-state index is 12.0. The number of nitrogens with two attached hydrogens (primary N) is 1. The van der Waals surface area contributed by atoms with E-state index in [0.717, 1.165) is 5.56 Å². The van der Waals surface area contributed by atoms with Crippen LogP contribution in [-0.2, 0) is 31.6 Å². The summed E-state index contributed by atoms with van der Waals surface area (Å²) >= 11 is 0. The van der Waals surface area contributed by atoms with Gasteiger partial charge in [0.25, 0.3) is 0 Å². The predicted molar refractivity (Wildman–Crippen MR) is 123 cm³/mol. The zero-order valence-electron chi connectivity index (χ0n) is 18.4. The van der Waals surface area contributed by atoms with Gasteiger partial charge in [-0.25, -0.2) is 23.7 Å². The summed E-state index contributed by atoms with van der Waals surface area (Å²) in [6.07, 6.45) is -3.30. The van der Waals surface area contributed by atoms with Crippen LogP contribution < -0.4 is 5.73 Å². The van der Waals surface area contributed by atoms with Crippen LogP contribution in [0.1, 0.15) is 6.23 Å². The lowest BCUT2D eigenvalue weighted by Crippen LogP contribution is -2.33. The van der Waals surface area contributed by atoms with E-state index in [1.807, 2.05) is 6.07 Å². The first kappa shape index (κ1) is 28.0. The van der Waals surface area contributed by atoms with Crippen LogP contribution in [0.2, 0.25) is 0 Å². The summed E-state index contributed by atoms with van der Waals surface area (Å²) in [5.41, 5.74) is 7.65. The van der Waals surface area contributed by atoms with Crippen LogP contribution >= 0.6 is 23.5 Å². The number of nitrogens with zero attached hydrogens (tertiary/aromatic N) is 3. The number of fused-ring (bicyclic) bond motifs is 1.